The fraction of sp³-hybridized carbons (Fsp3) is 0.800. The van der Waals surface area contributed by atoms with E-state index >= 15 is 0 Å². The zero-order chi connectivity index (χ0) is 16.3. The van der Waals surface area contributed by atoms with Crippen LogP contribution < -0.4 is 0 Å². The van der Waals surface area contributed by atoms with E-state index in [1.54, 1.807) is 10.5 Å². The summed E-state index contributed by atoms with van der Waals surface area (Å²) in [6.07, 6.45) is 5.07. The topological polar surface area (TPSA) is 75.4 Å². The Hall–Kier alpha value is -0.920. The maximum atomic E-state index is 12.4. The molecule has 2 rings (SSSR count). The van der Waals surface area contributed by atoms with Crippen LogP contribution in [0.4, 0.5) is 0 Å². The number of aliphatic hydroxyl groups is 1. The van der Waals surface area contributed by atoms with E-state index in [0.29, 0.717) is 31.8 Å². The lowest BCUT2D eigenvalue weighted by Gasteiger charge is -2.33. The van der Waals surface area contributed by atoms with E-state index in [1.807, 2.05) is 31.7 Å². The number of piperidine rings is 1. The summed E-state index contributed by atoms with van der Waals surface area (Å²) in [5.74, 6) is 1.12. The van der Waals surface area contributed by atoms with Gasteiger partial charge in [0.25, 0.3) is 0 Å². The first-order valence-electron chi connectivity index (χ1n) is 7.98. The standard InChI is InChI=1S/C15H27N3O3S/c1-4-12(2)11-22(20,21)18-8-5-13(6-9-18)14(19)15-16-7-10-17(15)3/h7,10,12-14,19H,4-6,8-9,11H2,1-3H3. The highest BCUT2D eigenvalue weighted by Gasteiger charge is 2.33. The summed E-state index contributed by atoms with van der Waals surface area (Å²) < 4.78 is 28.1. The summed E-state index contributed by atoms with van der Waals surface area (Å²) >= 11 is 0. The molecule has 2 atom stereocenters. The SMILES string of the molecule is CCC(C)CS(=O)(=O)N1CCC(C(O)c2nccn2C)CC1. The number of nitrogens with zero attached hydrogens (tertiary/aromatic N) is 3. The predicted molar refractivity (Wildman–Crippen MR) is 85.7 cm³/mol. The first kappa shape index (κ1) is 17.4. The average molecular weight is 329 g/mol. The van der Waals surface area contributed by atoms with Gasteiger partial charge in [-0.1, -0.05) is 20.3 Å². The normalized spacial score (nSPS) is 20.9. The molecular formula is C15H27N3O3S. The van der Waals surface area contributed by atoms with Crippen molar-refractivity contribution in [2.45, 2.75) is 39.2 Å². The summed E-state index contributed by atoms with van der Waals surface area (Å²) in [4.78, 5) is 4.19. The predicted octanol–water partition coefficient (Wildman–Crippen LogP) is 1.54. The van der Waals surface area contributed by atoms with Gasteiger partial charge in [-0.15, -0.1) is 0 Å². The van der Waals surface area contributed by atoms with Gasteiger partial charge < -0.3 is 9.67 Å². The summed E-state index contributed by atoms with van der Waals surface area (Å²) in [6.45, 7) is 4.96. The van der Waals surface area contributed by atoms with Crippen LogP contribution >= 0.6 is 0 Å². The zero-order valence-corrected chi connectivity index (χ0v) is 14.5. The van der Waals surface area contributed by atoms with Gasteiger partial charge in [0.15, 0.2) is 0 Å². The number of aliphatic hydroxyl groups excluding tert-OH is 1. The zero-order valence-electron chi connectivity index (χ0n) is 13.6. The van der Waals surface area contributed by atoms with Crippen molar-refractivity contribution in [1.82, 2.24) is 13.9 Å². The van der Waals surface area contributed by atoms with E-state index in [0.717, 1.165) is 6.42 Å². The molecule has 1 saturated heterocycles. The molecule has 126 valence electrons. The lowest BCUT2D eigenvalue weighted by molar-refractivity contribution is 0.0668. The maximum Gasteiger partial charge on any atom is 0.214 e. The van der Waals surface area contributed by atoms with Gasteiger partial charge in [0.2, 0.25) is 10.0 Å². The molecule has 0 amide bonds. The fourth-order valence-corrected chi connectivity index (χ4v) is 4.86. The third kappa shape index (κ3) is 3.88. The largest absolute Gasteiger partial charge is 0.385 e. The van der Waals surface area contributed by atoms with E-state index in [9.17, 15) is 13.5 Å². The van der Waals surface area contributed by atoms with Crippen molar-refractivity contribution in [3.63, 3.8) is 0 Å². The minimum absolute atomic E-state index is 0.0659. The van der Waals surface area contributed by atoms with E-state index in [2.05, 4.69) is 4.98 Å². The molecule has 2 unspecified atom stereocenters. The minimum Gasteiger partial charge on any atom is -0.385 e. The molecule has 0 radical (unpaired) electrons. The molecule has 0 aliphatic carbocycles. The molecule has 1 aliphatic rings. The average Bonchev–Trinajstić information content (AvgIpc) is 2.92. The Morgan fingerprint density at radius 2 is 2.05 bits per heavy atom. The number of sulfonamides is 1. The van der Waals surface area contributed by atoms with E-state index in [4.69, 9.17) is 0 Å². The van der Waals surface area contributed by atoms with Crippen molar-refractivity contribution in [3.05, 3.63) is 18.2 Å². The third-order valence-electron chi connectivity index (χ3n) is 4.65. The van der Waals surface area contributed by atoms with Gasteiger partial charge in [-0.05, 0) is 24.7 Å². The summed E-state index contributed by atoms with van der Waals surface area (Å²) in [5.41, 5.74) is 0. The van der Waals surface area contributed by atoms with Crippen LogP contribution in [-0.4, -0.2) is 46.2 Å². The summed E-state index contributed by atoms with van der Waals surface area (Å²) in [7, 11) is -1.32. The number of aromatic nitrogens is 2. The Kier molecular flexibility index (Phi) is 5.63. The summed E-state index contributed by atoms with van der Waals surface area (Å²) in [5, 5.41) is 10.4. The van der Waals surface area contributed by atoms with E-state index < -0.39 is 16.1 Å². The first-order valence-corrected chi connectivity index (χ1v) is 9.59. The van der Waals surface area contributed by atoms with Gasteiger partial charge in [-0.25, -0.2) is 17.7 Å². The van der Waals surface area contributed by atoms with Crippen LogP contribution in [0.3, 0.4) is 0 Å². The molecule has 1 fully saturated rings. The van der Waals surface area contributed by atoms with Crippen molar-refractivity contribution < 1.29 is 13.5 Å². The Bertz CT molecular complexity index is 577. The van der Waals surface area contributed by atoms with Gasteiger partial charge in [-0.2, -0.15) is 0 Å². The smallest absolute Gasteiger partial charge is 0.214 e. The molecule has 7 heteroatoms. The minimum atomic E-state index is -3.17. The van der Waals surface area contributed by atoms with Crippen molar-refractivity contribution in [2.75, 3.05) is 18.8 Å². The van der Waals surface area contributed by atoms with E-state index in [1.165, 1.54) is 0 Å². The highest BCUT2D eigenvalue weighted by molar-refractivity contribution is 7.89. The molecule has 1 N–H and O–H groups in total. The second kappa shape index (κ2) is 7.10. The van der Waals surface area contributed by atoms with Crippen LogP contribution in [0.25, 0.3) is 0 Å². The number of hydrogen-bond donors (Lipinski definition) is 1. The molecule has 0 spiro atoms. The van der Waals surface area contributed by atoms with Crippen molar-refractivity contribution in [2.24, 2.45) is 18.9 Å². The lowest BCUT2D eigenvalue weighted by Crippen LogP contribution is -2.42. The lowest BCUT2D eigenvalue weighted by atomic mass is 9.92. The molecule has 0 bridgehead atoms. The second-order valence-electron chi connectivity index (χ2n) is 6.37. The molecule has 1 aromatic rings. The summed E-state index contributed by atoms with van der Waals surface area (Å²) in [6, 6.07) is 0. The molecule has 1 aromatic heterocycles. The second-order valence-corrected chi connectivity index (χ2v) is 8.38. The van der Waals surface area contributed by atoms with Crippen molar-refractivity contribution >= 4 is 10.0 Å². The van der Waals surface area contributed by atoms with Crippen molar-refractivity contribution in [3.8, 4) is 0 Å². The third-order valence-corrected chi connectivity index (χ3v) is 6.80. The Labute approximate surface area is 133 Å². The van der Waals surface area contributed by atoms with Gasteiger partial charge in [0.05, 0.1) is 5.75 Å². The monoisotopic (exact) mass is 329 g/mol. The molecule has 22 heavy (non-hydrogen) atoms. The molecule has 1 aliphatic heterocycles. The fourth-order valence-electron chi connectivity index (χ4n) is 2.93. The number of imidazole rings is 1. The van der Waals surface area contributed by atoms with Crippen LogP contribution in [0.1, 0.15) is 45.0 Å². The first-order chi connectivity index (χ1) is 10.3. The molecular weight excluding hydrogens is 302 g/mol. The van der Waals surface area contributed by atoms with Crippen LogP contribution in [0, 0.1) is 11.8 Å². The maximum absolute atomic E-state index is 12.4. The quantitative estimate of drug-likeness (QED) is 0.859. The number of hydrogen-bond acceptors (Lipinski definition) is 4. The molecule has 2 heterocycles. The van der Waals surface area contributed by atoms with Crippen LogP contribution in [0.5, 0.6) is 0 Å². The van der Waals surface area contributed by atoms with Crippen LogP contribution in [-0.2, 0) is 17.1 Å². The number of rotatable bonds is 6. The highest BCUT2D eigenvalue weighted by atomic mass is 32.2. The Morgan fingerprint density at radius 1 is 1.41 bits per heavy atom. The number of aryl methyl sites for hydroxylation is 1. The van der Waals surface area contributed by atoms with Gasteiger partial charge in [-0.3, -0.25) is 0 Å². The molecule has 0 saturated carbocycles. The Balaban J connectivity index is 1.94. The highest BCUT2D eigenvalue weighted by Crippen LogP contribution is 2.30. The molecule has 0 aromatic carbocycles. The van der Waals surface area contributed by atoms with Gasteiger partial charge in [0.1, 0.15) is 11.9 Å². The van der Waals surface area contributed by atoms with Gasteiger partial charge >= 0.3 is 0 Å². The van der Waals surface area contributed by atoms with Crippen molar-refractivity contribution in [1.29, 1.82) is 0 Å². The molecule has 6 nitrogen and oxygen atoms in total. The van der Waals surface area contributed by atoms with E-state index in [-0.39, 0.29) is 17.6 Å². The van der Waals surface area contributed by atoms with Crippen LogP contribution in [0.2, 0.25) is 0 Å². The van der Waals surface area contributed by atoms with Gasteiger partial charge in [0, 0.05) is 32.5 Å². The Morgan fingerprint density at radius 3 is 2.55 bits per heavy atom. The van der Waals surface area contributed by atoms with Crippen LogP contribution in [0.15, 0.2) is 12.4 Å².